The van der Waals surface area contributed by atoms with E-state index in [0.29, 0.717) is 21.9 Å². The van der Waals surface area contributed by atoms with Gasteiger partial charge in [-0.15, -0.1) is 0 Å². The minimum Gasteiger partial charge on any atom is -0.456 e. The third-order valence-electron chi connectivity index (χ3n) is 4.97. The van der Waals surface area contributed by atoms with E-state index in [4.69, 9.17) is 4.42 Å². The van der Waals surface area contributed by atoms with Crippen molar-refractivity contribution in [1.82, 2.24) is 0 Å². The zero-order valence-electron chi connectivity index (χ0n) is 14.5. The number of furan rings is 1. The number of hydrogen-bond acceptors (Lipinski definition) is 5. The van der Waals surface area contributed by atoms with Gasteiger partial charge in [-0.2, -0.15) is 16.8 Å². The summed E-state index contributed by atoms with van der Waals surface area (Å²) in [6, 6.07) is 15.4. The monoisotopic (exact) mass is 428 g/mol. The molecule has 0 bridgehead atoms. The topological polar surface area (TPSA) is 122 Å². The quantitative estimate of drug-likeness (QED) is 0.400. The van der Waals surface area contributed by atoms with E-state index >= 15 is 0 Å². The molecule has 1 aromatic heterocycles. The van der Waals surface area contributed by atoms with Crippen LogP contribution in [0.1, 0.15) is 0 Å². The van der Waals surface area contributed by atoms with Gasteiger partial charge in [-0.25, -0.2) is 0 Å². The number of rotatable bonds is 2. The fourth-order valence-electron chi connectivity index (χ4n) is 3.70. The highest BCUT2D eigenvalue weighted by molar-refractivity contribution is 7.86. The molecule has 4 aromatic carbocycles. The van der Waals surface area contributed by atoms with Gasteiger partial charge in [0.25, 0.3) is 20.2 Å². The van der Waals surface area contributed by atoms with Crippen LogP contribution in [0.2, 0.25) is 0 Å². The summed E-state index contributed by atoms with van der Waals surface area (Å²) < 4.78 is 70.4. The van der Waals surface area contributed by atoms with Gasteiger partial charge in [-0.05, 0) is 57.9 Å². The summed E-state index contributed by atoms with van der Waals surface area (Å²) in [5, 5.41) is 4.12. The Morgan fingerprint density at radius 3 is 1.38 bits per heavy atom. The first-order valence-electron chi connectivity index (χ1n) is 8.40. The second kappa shape index (κ2) is 5.77. The van der Waals surface area contributed by atoms with E-state index < -0.39 is 20.2 Å². The molecule has 0 aliphatic carbocycles. The maximum absolute atomic E-state index is 11.5. The molecule has 1 heterocycles. The number of fused-ring (bicyclic) bond motifs is 7. The Labute approximate surface area is 164 Å². The smallest absolute Gasteiger partial charge is 0.294 e. The first kappa shape index (κ1) is 18.1. The molecule has 5 rings (SSSR count). The van der Waals surface area contributed by atoms with Crippen molar-refractivity contribution in [2.24, 2.45) is 0 Å². The van der Waals surface area contributed by atoms with Crippen molar-refractivity contribution in [1.29, 1.82) is 0 Å². The molecule has 2 N–H and O–H groups in total. The molecule has 0 aliphatic heterocycles. The van der Waals surface area contributed by atoms with Gasteiger partial charge >= 0.3 is 0 Å². The molecule has 0 radical (unpaired) electrons. The second-order valence-corrected chi connectivity index (χ2v) is 9.54. The Hall–Kier alpha value is -2.98. The molecule has 9 heteroatoms. The predicted octanol–water partition coefficient (Wildman–Crippen LogP) is 4.39. The first-order valence-corrected chi connectivity index (χ1v) is 11.3. The molecule has 0 spiro atoms. The minimum atomic E-state index is -4.33. The lowest BCUT2D eigenvalue weighted by Crippen LogP contribution is -1.97. The minimum absolute atomic E-state index is 0.209. The Morgan fingerprint density at radius 2 is 1.00 bits per heavy atom. The molecule has 0 amide bonds. The fraction of sp³-hybridized carbons (Fsp3) is 0. The van der Waals surface area contributed by atoms with Crippen LogP contribution in [0.25, 0.3) is 43.5 Å². The van der Waals surface area contributed by atoms with E-state index in [2.05, 4.69) is 0 Å². The van der Waals surface area contributed by atoms with Crippen molar-refractivity contribution in [2.75, 3.05) is 0 Å². The Balaban J connectivity index is 1.94. The summed E-state index contributed by atoms with van der Waals surface area (Å²) in [5.41, 5.74) is 1.16. The Morgan fingerprint density at radius 1 is 0.586 bits per heavy atom. The van der Waals surface area contributed by atoms with Gasteiger partial charge in [0, 0.05) is 10.8 Å². The van der Waals surface area contributed by atoms with E-state index in [0.717, 1.165) is 21.5 Å². The van der Waals surface area contributed by atoms with E-state index in [1.807, 2.05) is 0 Å². The molecule has 5 aromatic rings. The van der Waals surface area contributed by atoms with Crippen LogP contribution < -0.4 is 0 Å². The molecule has 0 saturated carbocycles. The molecule has 0 fully saturated rings. The highest BCUT2D eigenvalue weighted by Gasteiger charge is 2.17. The summed E-state index contributed by atoms with van der Waals surface area (Å²) in [4.78, 5) is -0.417. The molecule has 146 valence electrons. The summed E-state index contributed by atoms with van der Waals surface area (Å²) in [6.07, 6.45) is 0. The molecule has 0 atom stereocenters. The van der Waals surface area contributed by atoms with Crippen molar-refractivity contribution >= 4 is 63.7 Å². The highest BCUT2D eigenvalue weighted by atomic mass is 32.2. The molecular weight excluding hydrogens is 416 g/mol. The SMILES string of the molecule is O=S(=O)(O)c1ccc2c(ccc3oc4ccc5cc(S(=O)(=O)O)ccc5c4c32)c1. The van der Waals surface area contributed by atoms with Crippen molar-refractivity contribution in [2.45, 2.75) is 9.79 Å². The van der Waals surface area contributed by atoms with Crippen molar-refractivity contribution < 1.29 is 30.4 Å². The van der Waals surface area contributed by atoms with Crippen LogP contribution in [0.3, 0.4) is 0 Å². The number of benzene rings is 4. The maximum Gasteiger partial charge on any atom is 0.294 e. The third-order valence-corrected chi connectivity index (χ3v) is 6.67. The predicted molar refractivity (Wildman–Crippen MR) is 108 cm³/mol. The lowest BCUT2D eigenvalue weighted by molar-refractivity contribution is 0.481. The van der Waals surface area contributed by atoms with Crippen molar-refractivity contribution in [3.05, 3.63) is 60.7 Å². The summed E-state index contributed by atoms with van der Waals surface area (Å²) in [6.45, 7) is 0. The van der Waals surface area contributed by atoms with Crippen LogP contribution in [-0.2, 0) is 20.2 Å². The average molecular weight is 428 g/mol. The van der Waals surface area contributed by atoms with E-state index in [9.17, 15) is 25.9 Å². The van der Waals surface area contributed by atoms with Crippen molar-refractivity contribution in [3.63, 3.8) is 0 Å². The Kier molecular flexibility index (Phi) is 3.60. The largest absolute Gasteiger partial charge is 0.456 e. The fourth-order valence-corrected chi connectivity index (χ4v) is 4.73. The normalized spacial score (nSPS) is 13.0. The van der Waals surface area contributed by atoms with E-state index in [-0.39, 0.29) is 9.79 Å². The van der Waals surface area contributed by atoms with Gasteiger partial charge in [-0.3, -0.25) is 9.11 Å². The Bertz CT molecular complexity index is 1570. The van der Waals surface area contributed by atoms with Crippen LogP contribution >= 0.6 is 0 Å². The standard InChI is InChI=1S/C20H12O7S2/c21-28(22,23)13-3-5-15-11(9-13)1-7-17-19(15)20-16-6-4-14(29(24,25)26)10-12(16)2-8-18(20)27-17/h1-10H,(H,21,22,23)(H,24,25,26). The molecular formula is C20H12O7S2. The second-order valence-electron chi connectivity index (χ2n) is 6.70. The molecule has 7 nitrogen and oxygen atoms in total. The van der Waals surface area contributed by atoms with Gasteiger partial charge in [-0.1, -0.05) is 24.3 Å². The summed E-state index contributed by atoms with van der Waals surface area (Å²) in [7, 11) is -8.67. The molecule has 0 saturated heterocycles. The van der Waals surface area contributed by atoms with Gasteiger partial charge in [0.05, 0.1) is 9.79 Å². The van der Waals surface area contributed by atoms with Crippen LogP contribution in [0.5, 0.6) is 0 Å². The summed E-state index contributed by atoms with van der Waals surface area (Å²) >= 11 is 0. The van der Waals surface area contributed by atoms with Gasteiger partial charge in [0.2, 0.25) is 0 Å². The zero-order valence-corrected chi connectivity index (χ0v) is 16.2. The molecule has 0 aliphatic rings. The van der Waals surface area contributed by atoms with Gasteiger partial charge < -0.3 is 4.42 Å². The first-order chi connectivity index (χ1) is 13.6. The summed E-state index contributed by atoms with van der Waals surface area (Å²) in [5.74, 6) is 0. The lowest BCUT2D eigenvalue weighted by atomic mass is 10.00. The highest BCUT2D eigenvalue weighted by Crippen LogP contribution is 2.39. The maximum atomic E-state index is 11.5. The lowest BCUT2D eigenvalue weighted by Gasteiger charge is -2.05. The molecule has 0 unspecified atom stereocenters. The average Bonchev–Trinajstić information content (AvgIpc) is 3.05. The van der Waals surface area contributed by atoms with E-state index in [1.54, 1.807) is 36.4 Å². The zero-order chi connectivity index (χ0) is 20.6. The van der Waals surface area contributed by atoms with Gasteiger partial charge in [0.15, 0.2) is 0 Å². The third kappa shape index (κ3) is 2.78. The van der Waals surface area contributed by atoms with Crippen LogP contribution in [0, 0.1) is 0 Å². The van der Waals surface area contributed by atoms with Crippen molar-refractivity contribution in [3.8, 4) is 0 Å². The number of hydrogen-bond donors (Lipinski definition) is 2. The van der Waals surface area contributed by atoms with Crippen LogP contribution in [-0.4, -0.2) is 25.9 Å². The van der Waals surface area contributed by atoms with E-state index in [1.165, 1.54) is 24.3 Å². The van der Waals surface area contributed by atoms with Crippen LogP contribution in [0.15, 0.2) is 74.9 Å². The van der Waals surface area contributed by atoms with Gasteiger partial charge in [0.1, 0.15) is 11.2 Å². The molecule has 29 heavy (non-hydrogen) atoms. The van der Waals surface area contributed by atoms with Crippen LogP contribution in [0.4, 0.5) is 0 Å².